The van der Waals surface area contributed by atoms with Crippen LogP contribution in [0.2, 0.25) is 0 Å². The van der Waals surface area contributed by atoms with E-state index in [1.54, 1.807) is 6.08 Å². The molecule has 144 valence electrons. The van der Waals surface area contributed by atoms with E-state index in [2.05, 4.69) is 6.92 Å². The number of aliphatic hydroxyl groups excluding tert-OH is 2. The molecule has 0 heterocycles. The zero-order valence-electron chi connectivity index (χ0n) is 15.7. The Morgan fingerprint density at radius 3 is 2.65 bits per heavy atom. The van der Waals surface area contributed by atoms with Crippen molar-refractivity contribution in [2.45, 2.75) is 70.5 Å². The van der Waals surface area contributed by atoms with Crippen LogP contribution in [0.1, 0.15) is 58.8 Å². The first-order valence-corrected chi connectivity index (χ1v) is 9.96. The van der Waals surface area contributed by atoms with Crippen molar-refractivity contribution in [2.24, 2.45) is 28.6 Å². The molecule has 0 aliphatic heterocycles. The van der Waals surface area contributed by atoms with Crippen LogP contribution in [0.15, 0.2) is 11.6 Å². The average molecular weight is 362 g/mol. The lowest BCUT2D eigenvalue weighted by Gasteiger charge is -2.60. The number of aliphatic hydroxyl groups is 3. The van der Waals surface area contributed by atoms with Crippen LogP contribution < -0.4 is 0 Å². The van der Waals surface area contributed by atoms with Crippen molar-refractivity contribution < 1.29 is 24.9 Å². The zero-order valence-corrected chi connectivity index (χ0v) is 15.7. The van der Waals surface area contributed by atoms with Gasteiger partial charge in [-0.1, -0.05) is 19.4 Å². The minimum absolute atomic E-state index is 0.0697. The molecule has 4 aliphatic carbocycles. The molecule has 0 radical (unpaired) electrons. The van der Waals surface area contributed by atoms with Crippen molar-refractivity contribution in [2.75, 3.05) is 6.61 Å². The Bertz CT molecular complexity index is 684. The van der Waals surface area contributed by atoms with Crippen molar-refractivity contribution in [1.29, 1.82) is 0 Å². The van der Waals surface area contributed by atoms with Crippen LogP contribution >= 0.6 is 0 Å². The molecule has 5 nitrogen and oxygen atoms in total. The highest BCUT2D eigenvalue weighted by Crippen LogP contribution is 2.67. The number of rotatable bonds is 2. The lowest BCUT2D eigenvalue weighted by Crippen LogP contribution is -2.62. The molecule has 3 saturated carbocycles. The third-order valence-corrected chi connectivity index (χ3v) is 8.65. The van der Waals surface area contributed by atoms with Crippen molar-refractivity contribution in [3.05, 3.63) is 11.6 Å². The van der Waals surface area contributed by atoms with Crippen molar-refractivity contribution in [1.82, 2.24) is 0 Å². The summed E-state index contributed by atoms with van der Waals surface area (Å²) in [6.45, 7) is 3.46. The standard InChI is InChI=1S/C21H30O5/c1-19-7-5-13(23)9-12(19)3-4-14-15-6-8-21(26,17(25)11-22)20(15,2)10-16(24)18(14)19/h9,14-16,18,22,24,26H,3-8,10-11H2,1-2H3/t14-,15-,16+,18-,19-,20-,21+/m0/s1. The fourth-order valence-corrected chi connectivity index (χ4v) is 7.28. The van der Waals surface area contributed by atoms with Crippen molar-refractivity contribution in [3.63, 3.8) is 0 Å². The van der Waals surface area contributed by atoms with E-state index in [1.807, 2.05) is 6.92 Å². The fourth-order valence-electron chi connectivity index (χ4n) is 7.28. The summed E-state index contributed by atoms with van der Waals surface area (Å²) in [4.78, 5) is 24.3. The fraction of sp³-hybridized carbons (Fsp3) is 0.810. The number of fused-ring (bicyclic) bond motifs is 5. The summed E-state index contributed by atoms with van der Waals surface area (Å²) in [6.07, 6.45) is 5.74. The lowest BCUT2D eigenvalue weighted by molar-refractivity contribution is -0.182. The Kier molecular flexibility index (Phi) is 4.04. The highest BCUT2D eigenvalue weighted by atomic mass is 16.3. The van der Waals surface area contributed by atoms with E-state index in [4.69, 9.17) is 0 Å². The third-order valence-electron chi connectivity index (χ3n) is 8.65. The summed E-state index contributed by atoms with van der Waals surface area (Å²) in [5, 5.41) is 31.7. The smallest absolute Gasteiger partial charge is 0.190 e. The average Bonchev–Trinajstić information content (AvgIpc) is 2.86. The van der Waals surface area contributed by atoms with Crippen LogP contribution in [0.3, 0.4) is 0 Å². The van der Waals surface area contributed by atoms with Gasteiger partial charge in [0.05, 0.1) is 6.10 Å². The van der Waals surface area contributed by atoms with Gasteiger partial charge in [0.15, 0.2) is 11.6 Å². The van der Waals surface area contributed by atoms with E-state index in [0.29, 0.717) is 19.3 Å². The van der Waals surface area contributed by atoms with Gasteiger partial charge in [-0.3, -0.25) is 9.59 Å². The number of hydrogen-bond acceptors (Lipinski definition) is 5. The first-order valence-electron chi connectivity index (χ1n) is 9.96. The van der Waals surface area contributed by atoms with Gasteiger partial charge in [0.1, 0.15) is 12.2 Å². The highest BCUT2D eigenvalue weighted by molar-refractivity contribution is 5.91. The predicted molar refractivity (Wildman–Crippen MR) is 95.1 cm³/mol. The number of Topliss-reactive ketones (excluding diaryl/α,β-unsaturated/α-hetero) is 1. The molecule has 3 N–H and O–H groups in total. The summed E-state index contributed by atoms with van der Waals surface area (Å²) < 4.78 is 0. The molecule has 0 saturated heterocycles. The SMILES string of the molecule is C[C@]12CCC(=O)C=C1CC[C@@H]1[C@H]2[C@H](O)C[C@@]2(C)[C@H]1CC[C@@]2(O)C(=O)CO. The maximum Gasteiger partial charge on any atom is 0.190 e. The van der Waals surface area contributed by atoms with E-state index in [9.17, 15) is 24.9 Å². The summed E-state index contributed by atoms with van der Waals surface area (Å²) >= 11 is 0. The van der Waals surface area contributed by atoms with Gasteiger partial charge >= 0.3 is 0 Å². The second-order valence-electron chi connectivity index (χ2n) is 9.56. The normalized spacial score (nSPS) is 50.5. The van der Waals surface area contributed by atoms with Gasteiger partial charge in [-0.15, -0.1) is 0 Å². The summed E-state index contributed by atoms with van der Waals surface area (Å²) in [7, 11) is 0. The maximum atomic E-state index is 12.4. The van der Waals surface area contributed by atoms with E-state index in [0.717, 1.165) is 25.7 Å². The largest absolute Gasteiger partial charge is 0.393 e. The highest BCUT2D eigenvalue weighted by Gasteiger charge is 2.68. The van der Waals surface area contributed by atoms with E-state index in [1.165, 1.54) is 5.57 Å². The summed E-state index contributed by atoms with van der Waals surface area (Å²) in [5.41, 5.74) is -1.23. The quantitative estimate of drug-likeness (QED) is 0.696. The number of carbonyl (C=O) groups is 2. The molecule has 4 aliphatic rings. The van der Waals surface area contributed by atoms with E-state index >= 15 is 0 Å². The minimum atomic E-state index is -1.54. The maximum absolute atomic E-state index is 12.4. The molecule has 0 aromatic heterocycles. The molecule has 4 rings (SSSR count). The van der Waals surface area contributed by atoms with Crippen molar-refractivity contribution >= 4 is 11.6 Å². The Hall–Kier alpha value is -1.04. The molecule has 0 spiro atoms. The van der Waals surface area contributed by atoms with Crippen LogP contribution in [-0.4, -0.2) is 45.2 Å². The third kappa shape index (κ3) is 2.14. The number of allylic oxidation sites excluding steroid dienone is 1. The predicted octanol–water partition coefficient (Wildman–Crippen LogP) is 1.78. The van der Waals surface area contributed by atoms with E-state index < -0.39 is 29.5 Å². The number of hydrogen-bond donors (Lipinski definition) is 3. The van der Waals surface area contributed by atoms with Gasteiger partial charge in [0.2, 0.25) is 0 Å². The Labute approximate surface area is 154 Å². The van der Waals surface area contributed by atoms with E-state index in [-0.39, 0.29) is 29.0 Å². The van der Waals surface area contributed by atoms with Crippen LogP contribution in [0.5, 0.6) is 0 Å². The molecule has 0 amide bonds. The second kappa shape index (κ2) is 5.73. The zero-order chi connectivity index (χ0) is 18.9. The Balaban J connectivity index is 1.74. The van der Waals surface area contributed by atoms with Gasteiger partial charge < -0.3 is 15.3 Å². The number of carbonyl (C=O) groups excluding carboxylic acids is 2. The Morgan fingerprint density at radius 2 is 1.96 bits per heavy atom. The van der Waals surface area contributed by atoms with Crippen LogP contribution in [0.25, 0.3) is 0 Å². The van der Waals surface area contributed by atoms with Gasteiger partial charge in [-0.05, 0) is 67.8 Å². The molecule has 7 atom stereocenters. The minimum Gasteiger partial charge on any atom is -0.393 e. The molecule has 0 bridgehead atoms. The molecule has 5 heteroatoms. The van der Waals surface area contributed by atoms with Gasteiger partial charge in [0, 0.05) is 11.8 Å². The monoisotopic (exact) mass is 362 g/mol. The Morgan fingerprint density at radius 1 is 1.23 bits per heavy atom. The molecular weight excluding hydrogens is 332 g/mol. The van der Waals surface area contributed by atoms with Crippen LogP contribution in [-0.2, 0) is 9.59 Å². The second-order valence-corrected chi connectivity index (χ2v) is 9.56. The lowest BCUT2D eigenvalue weighted by atomic mass is 9.45. The van der Waals surface area contributed by atoms with Gasteiger partial charge in [-0.25, -0.2) is 0 Å². The van der Waals surface area contributed by atoms with Gasteiger partial charge in [0.25, 0.3) is 0 Å². The summed E-state index contributed by atoms with van der Waals surface area (Å²) in [6, 6.07) is 0. The molecule has 0 aromatic carbocycles. The number of ketones is 2. The van der Waals surface area contributed by atoms with Crippen molar-refractivity contribution in [3.8, 4) is 0 Å². The summed E-state index contributed by atoms with van der Waals surface area (Å²) in [5.74, 6) is 0.140. The molecule has 0 unspecified atom stereocenters. The molecule has 26 heavy (non-hydrogen) atoms. The van der Waals surface area contributed by atoms with Crippen LogP contribution in [0.4, 0.5) is 0 Å². The first kappa shape index (κ1) is 18.3. The van der Waals surface area contributed by atoms with Crippen LogP contribution in [0, 0.1) is 28.6 Å². The topological polar surface area (TPSA) is 94.8 Å². The molecule has 3 fully saturated rings. The first-order chi connectivity index (χ1) is 12.2. The molecular formula is C21H30O5. The molecule has 0 aromatic rings. The van der Waals surface area contributed by atoms with Gasteiger partial charge in [-0.2, -0.15) is 0 Å².